The quantitative estimate of drug-likeness (QED) is 0.830. The second-order valence-corrected chi connectivity index (χ2v) is 4.33. The Labute approximate surface area is 111 Å². The fourth-order valence-corrected chi connectivity index (χ4v) is 2.11. The van der Waals surface area contributed by atoms with Crippen LogP contribution in [-0.4, -0.2) is 43.2 Å². The van der Waals surface area contributed by atoms with Crippen molar-refractivity contribution in [1.29, 1.82) is 0 Å². The summed E-state index contributed by atoms with van der Waals surface area (Å²) in [6.45, 7) is 0.692. The Morgan fingerprint density at radius 1 is 1.47 bits per heavy atom. The minimum Gasteiger partial charge on any atom is -0.495 e. The van der Waals surface area contributed by atoms with Crippen molar-refractivity contribution in [2.75, 3.05) is 25.1 Å². The first-order valence-electron chi connectivity index (χ1n) is 6.02. The molecule has 2 rings (SSSR count). The van der Waals surface area contributed by atoms with Gasteiger partial charge in [0.2, 0.25) is 5.91 Å². The van der Waals surface area contributed by atoms with Gasteiger partial charge < -0.3 is 20.1 Å². The molecule has 0 aliphatic carbocycles. The number of nitrogens with zero attached hydrogens (tertiary/aromatic N) is 1. The van der Waals surface area contributed by atoms with Gasteiger partial charge in [0.25, 0.3) is 0 Å². The molecule has 1 atom stereocenters. The van der Waals surface area contributed by atoms with Gasteiger partial charge in [-0.1, -0.05) is 12.1 Å². The second kappa shape index (κ2) is 5.60. The third-order valence-corrected chi connectivity index (χ3v) is 3.07. The van der Waals surface area contributed by atoms with Crippen molar-refractivity contribution in [2.45, 2.75) is 12.5 Å². The van der Waals surface area contributed by atoms with Crippen LogP contribution < -0.4 is 15.0 Å². The molecule has 1 aliphatic heterocycles. The predicted molar refractivity (Wildman–Crippen MR) is 69.4 cm³/mol. The summed E-state index contributed by atoms with van der Waals surface area (Å²) in [5.41, 5.74) is 0.799. The van der Waals surface area contributed by atoms with Crippen LogP contribution in [0.1, 0.15) is 6.42 Å². The maximum Gasteiger partial charge on any atom is 0.328 e. The van der Waals surface area contributed by atoms with E-state index in [4.69, 9.17) is 9.84 Å². The van der Waals surface area contributed by atoms with Crippen LogP contribution in [-0.2, 0) is 9.59 Å². The Balaban J connectivity index is 2.27. The monoisotopic (exact) mass is 264 g/mol. The van der Waals surface area contributed by atoms with Gasteiger partial charge in [-0.2, -0.15) is 0 Å². The number of carbonyl (C=O) groups excluding carboxylic acids is 1. The van der Waals surface area contributed by atoms with Gasteiger partial charge in [0.1, 0.15) is 11.8 Å². The molecule has 1 saturated heterocycles. The molecule has 1 amide bonds. The number of carboxylic acids is 1. The highest BCUT2D eigenvalue weighted by atomic mass is 16.5. The smallest absolute Gasteiger partial charge is 0.328 e. The van der Waals surface area contributed by atoms with Crippen molar-refractivity contribution in [2.24, 2.45) is 0 Å². The van der Waals surface area contributed by atoms with Crippen molar-refractivity contribution in [1.82, 2.24) is 5.32 Å². The molecular formula is C13H16N2O4. The molecule has 2 N–H and O–H groups in total. The lowest BCUT2D eigenvalue weighted by Crippen LogP contribution is -2.45. The molecule has 1 fully saturated rings. The van der Waals surface area contributed by atoms with Gasteiger partial charge in [-0.15, -0.1) is 0 Å². The summed E-state index contributed by atoms with van der Waals surface area (Å²) in [5.74, 6) is -0.610. The van der Waals surface area contributed by atoms with Crippen LogP contribution in [0.3, 0.4) is 0 Å². The number of nitrogens with one attached hydrogen (secondary N) is 1. The SMILES string of the molecule is COc1ccccc1N1CCC(=O)NC(C(=O)O)C1. The van der Waals surface area contributed by atoms with Gasteiger partial charge in [0.05, 0.1) is 12.8 Å². The lowest BCUT2D eigenvalue weighted by molar-refractivity contribution is -0.141. The number of carboxylic acid groups (broad SMARTS) is 1. The summed E-state index contributed by atoms with van der Waals surface area (Å²) in [6, 6.07) is 6.46. The number of rotatable bonds is 3. The number of hydrogen-bond acceptors (Lipinski definition) is 4. The zero-order valence-corrected chi connectivity index (χ0v) is 10.6. The van der Waals surface area contributed by atoms with E-state index in [0.717, 1.165) is 5.69 Å². The van der Waals surface area contributed by atoms with Crippen LogP contribution in [0, 0.1) is 0 Å². The molecule has 1 aliphatic rings. The van der Waals surface area contributed by atoms with E-state index in [1.807, 2.05) is 29.2 Å². The molecule has 1 aromatic carbocycles. The number of amides is 1. The van der Waals surface area contributed by atoms with E-state index < -0.39 is 12.0 Å². The number of aliphatic carboxylic acids is 1. The van der Waals surface area contributed by atoms with E-state index in [9.17, 15) is 9.59 Å². The van der Waals surface area contributed by atoms with E-state index >= 15 is 0 Å². The minimum absolute atomic E-state index is 0.224. The first-order chi connectivity index (χ1) is 9.11. The normalized spacial score (nSPS) is 19.5. The van der Waals surface area contributed by atoms with Gasteiger partial charge in [0, 0.05) is 19.5 Å². The number of anilines is 1. The highest BCUT2D eigenvalue weighted by Gasteiger charge is 2.27. The van der Waals surface area contributed by atoms with Crippen molar-refractivity contribution in [3.63, 3.8) is 0 Å². The van der Waals surface area contributed by atoms with E-state index in [1.54, 1.807) is 7.11 Å². The van der Waals surface area contributed by atoms with Gasteiger partial charge in [-0.3, -0.25) is 4.79 Å². The largest absolute Gasteiger partial charge is 0.495 e. The Morgan fingerprint density at radius 2 is 2.21 bits per heavy atom. The molecule has 1 heterocycles. The standard InChI is InChI=1S/C13H16N2O4/c1-19-11-5-3-2-4-10(11)15-7-6-12(16)14-9(8-15)13(17)18/h2-5,9H,6-8H2,1H3,(H,14,16)(H,17,18). The molecule has 6 nitrogen and oxygen atoms in total. The highest BCUT2D eigenvalue weighted by Crippen LogP contribution is 2.28. The third-order valence-electron chi connectivity index (χ3n) is 3.07. The highest BCUT2D eigenvalue weighted by molar-refractivity contribution is 5.85. The number of benzene rings is 1. The molecule has 0 aromatic heterocycles. The molecule has 19 heavy (non-hydrogen) atoms. The maximum atomic E-state index is 11.5. The molecule has 0 radical (unpaired) electrons. The van der Waals surface area contributed by atoms with Crippen molar-refractivity contribution < 1.29 is 19.4 Å². The van der Waals surface area contributed by atoms with Crippen molar-refractivity contribution >= 4 is 17.6 Å². The number of hydrogen-bond donors (Lipinski definition) is 2. The zero-order valence-electron chi connectivity index (χ0n) is 10.6. The molecule has 1 unspecified atom stereocenters. The van der Waals surface area contributed by atoms with E-state index in [-0.39, 0.29) is 18.9 Å². The van der Waals surface area contributed by atoms with Crippen LogP contribution in [0.25, 0.3) is 0 Å². The average Bonchev–Trinajstić information content (AvgIpc) is 2.61. The molecular weight excluding hydrogens is 248 g/mol. The fraction of sp³-hybridized carbons (Fsp3) is 0.385. The minimum atomic E-state index is -1.03. The number of methoxy groups -OCH3 is 1. The molecule has 0 bridgehead atoms. The van der Waals surface area contributed by atoms with Crippen LogP contribution in [0.5, 0.6) is 5.75 Å². The topological polar surface area (TPSA) is 78.9 Å². The lowest BCUT2D eigenvalue weighted by atomic mass is 10.2. The van der Waals surface area contributed by atoms with Gasteiger partial charge >= 0.3 is 5.97 Å². The van der Waals surface area contributed by atoms with E-state index in [2.05, 4.69) is 5.32 Å². The first kappa shape index (κ1) is 13.2. The number of para-hydroxylation sites is 2. The van der Waals surface area contributed by atoms with Crippen LogP contribution in [0.15, 0.2) is 24.3 Å². The number of ether oxygens (including phenoxy) is 1. The van der Waals surface area contributed by atoms with Crippen LogP contribution >= 0.6 is 0 Å². The third kappa shape index (κ3) is 2.96. The summed E-state index contributed by atoms with van der Waals surface area (Å²) >= 11 is 0. The zero-order chi connectivity index (χ0) is 13.8. The van der Waals surface area contributed by atoms with Crippen molar-refractivity contribution in [3.05, 3.63) is 24.3 Å². The summed E-state index contributed by atoms with van der Waals surface area (Å²) in [5, 5.41) is 11.6. The van der Waals surface area contributed by atoms with E-state index in [1.165, 1.54) is 0 Å². The molecule has 1 aromatic rings. The molecule has 0 spiro atoms. The maximum absolute atomic E-state index is 11.5. The summed E-state index contributed by atoms with van der Waals surface area (Å²) in [4.78, 5) is 24.5. The molecule has 6 heteroatoms. The average molecular weight is 264 g/mol. The second-order valence-electron chi connectivity index (χ2n) is 4.33. The Kier molecular flexibility index (Phi) is 3.89. The van der Waals surface area contributed by atoms with Gasteiger partial charge in [-0.05, 0) is 12.1 Å². The molecule has 102 valence electrons. The predicted octanol–water partition coefficient (Wildman–Crippen LogP) is 0.475. The lowest BCUT2D eigenvalue weighted by Gasteiger charge is -2.25. The summed E-state index contributed by atoms with van der Waals surface area (Å²) in [6.07, 6.45) is 0.266. The Bertz CT molecular complexity index is 489. The Hall–Kier alpha value is -2.24. The van der Waals surface area contributed by atoms with Crippen LogP contribution in [0.2, 0.25) is 0 Å². The van der Waals surface area contributed by atoms with Gasteiger partial charge in [0.15, 0.2) is 0 Å². The fourth-order valence-electron chi connectivity index (χ4n) is 2.11. The Morgan fingerprint density at radius 3 is 2.89 bits per heavy atom. The summed E-state index contributed by atoms with van der Waals surface area (Å²) in [7, 11) is 1.56. The van der Waals surface area contributed by atoms with Crippen LogP contribution in [0.4, 0.5) is 5.69 Å². The number of carbonyl (C=O) groups is 2. The van der Waals surface area contributed by atoms with Gasteiger partial charge in [-0.25, -0.2) is 4.79 Å². The van der Waals surface area contributed by atoms with Crippen molar-refractivity contribution in [3.8, 4) is 5.75 Å². The molecule has 0 saturated carbocycles. The summed E-state index contributed by atoms with van der Waals surface area (Å²) < 4.78 is 5.27. The van der Waals surface area contributed by atoms with E-state index in [0.29, 0.717) is 12.3 Å². The first-order valence-corrected chi connectivity index (χ1v) is 6.02.